The molecular formula is C12H9ClF2OS. The van der Waals surface area contributed by atoms with E-state index < -0.39 is 17.2 Å². The molecule has 2 rings (SSSR count). The van der Waals surface area contributed by atoms with Gasteiger partial charge < -0.3 is 5.11 Å². The van der Waals surface area contributed by atoms with Crippen LogP contribution in [0.15, 0.2) is 29.6 Å². The fraction of sp³-hybridized carbons (Fsp3) is 0.167. The summed E-state index contributed by atoms with van der Waals surface area (Å²) >= 11 is 7.10. The highest BCUT2D eigenvalue weighted by Gasteiger charge is 2.33. The summed E-state index contributed by atoms with van der Waals surface area (Å²) in [6, 6.07) is 5.30. The molecule has 17 heavy (non-hydrogen) atoms. The maximum absolute atomic E-state index is 13.6. The van der Waals surface area contributed by atoms with Crippen molar-refractivity contribution in [3.63, 3.8) is 0 Å². The van der Waals surface area contributed by atoms with Crippen LogP contribution < -0.4 is 0 Å². The molecule has 1 unspecified atom stereocenters. The summed E-state index contributed by atoms with van der Waals surface area (Å²) in [5.74, 6) is -2.04. The topological polar surface area (TPSA) is 20.2 Å². The summed E-state index contributed by atoms with van der Waals surface area (Å²) in [4.78, 5) is 0.392. The van der Waals surface area contributed by atoms with E-state index in [1.165, 1.54) is 30.4 Å². The summed E-state index contributed by atoms with van der Waals surface area (Å²) in [5.41, 5.74) is -1.76. The molecule has 0 radical (unpaired) electrons. The average molecular weight is 275 g/mol. The molecule has 0 aliphatic carbocycles. The van der Waals surface area contributed by atoms with Gasteiger partial charge in [-0.25, -0.2) is 8.78 Å². The molecule has 1 atom stereocenters. The van der Waals surface area contributed by atoms with Gasteiger partial charge in [0.25, 0.3) is 0 Å². The van der Waals surface area contributed by atoms with Crippen LogP contribution in [-0.4, -0.2) is 5.11 Å². The fourth-order valence-corrected chi connectivity index (χ4v) is 2.96. The van der Waals surface area contributed by atoms with Gasteiger partial charge >= 0.3 is 0 Å². The Balaban J connectivity index is 2.60. The van der Waals surface area contributed by atoms with Crippen molar-refractivity contribution in [3.05, 3.63) is 56.7 Å². The van der Waals surface area contributed by atoms with Gasteiger partial charge in [-0.15, -0.1) is 11.3 Å². The Kier molecular flexibility index (Phi) is 3.21. The largest absolute Gasteiger partial charge is 0.380 e. The quantitative estimate of drug-likeness (QED) is 0.880. The highest BCUT2D eigenvalue weighted by atomic mass is 35.5. The Morgan fingerprint density at radius 1 is 1.29 bits per heavy atom. The molecule has 0 spiro atoms. The zero-order valence-electron chi connectivity index (χ0n) is 8.88. The van der Waals surface area contributed by atoms with Crippen molar-refractivity contribution in [1.82, 2.24) is 0 Å². The molecule has 0 aliphatic heterocycles. The predicted molar refractivity (Wildman–Crippen MR) is 64.4 cm³/mol. The molecule has 1 aromatic carbocycles. The first-order chi connectivity index (χ1) is 7.94. The van der Waals surface area contributed by atoms with Crippen LogP contribution >= 0.6 is 22.9 Å². The molecule has 0 fully saturated rings. The second-order valence-corrected chi connectivity index (χ2v) is 5.09. The smallest absolute Gasteiger partial charge is 0.165 e. The van der Waals surface area contributed by atoms with Crippen molar-refractivity contribution in [2.45, 2.75) is 12.5 Å². The Hall–Kier alpha value is -0.970. The maximum Gasteiger partial charge on any atom is 0.165 e. The number of benzene rings is 1. The standard InChI is InChI=1S/C12H9ClF2OS/c1-12(16,11-8(13)5-6-17-11)7-3-2-4-9(14)10(7)15/h2-6,16H,1H3. The van der Waals surface area contributed by atoms with Gasteiger partial charge in [0.1, 0.15) is 5.60 Å². The van der Waals surface area contributed by atoms with Gasteiger partial charge in [-0.1, -0.05) is 23.7 Å². The fourth-order valence-electron chi connectivity index (χ4n) is 1.64. The normalized spacial score (nSPS) is 14.6. The summed E-state index contributed by atoms with van der Waals surface area (Å²) in [6.07, 6.45) is 0. The third-order valence-electron chi connectivity index (χ3n) is 2.54. The van der Waals surface area contributed by atoms with Gasteiger partial charge in [0.2, 0.25) is 0 Å². The van der Waals surface area contributed by atoms with E-state index in [1.54, 1.807) is 11.4 Å². The lowest BCUT2D eigenvalue weighted by Crippen LogP contribution is -2.23. The highest BCUT2D eigenvalue weighted by Crippen LogP contribution is 2.38. The molecule has 5 heteroatoms. The van der Waals surface area contributed by atoms with Crippen molar-refractivity contribution in [2.24, 2.45) is 0 Å². The molecule has 1 heterocycles. The number of thiophene rings is 1. The van der Waals surface area contributed by atoms with E-state index in [2.05, 4.69) is 0 Å². The van der Waals surface area contributed by atoms with Crippen molar-refractivity contribution in [2.75, 3.05) is 0 Å². The zero-order chi connectivity index (χ0) is 12.6. The van der Waals surface area contributed by atoms with E-state index in [1.807, 2.05) is 0 Å². The highest BCUT2D eigenvalue weighted by molar-refractivity contribution is 7.10. The second-order valence-electron chi connectivity index (χ2n) is 3.77. The molecular weight excluding hydrogens is 266 g/mol. The zero-order valence-corrected chi connectivity index (χ0v) is 10.4. The van der Waals surface area contributed by atoms with Crippen LogP contribution in [0, 0.1) is 11.6 Å². The van der Waals surface area contributed by atoms with Gasteiger partial charge in [-0.05, 0) is 24.4 Å². The minimum absolute atomic E-state index is 0.123. The van der Waals surface area contributed by atoms with Crippen LogP contribution in [-0.2, 0) is 5.60 Å². The van der Waals surface area contributed by atoms with Crippen molar-refractivity contribution in [1.29, 1.82) is 0 Å². The number of aliphatic hydroxyl groups is 1. The van der Waals surface area contributed by atoms with Crippen LogP contribution in [0.4, 0.5) is 8.78 Å². The molecule has 0 amide bonds. The molecule has 2 aromatic rings. The number of hydrogen-bond donors (Lipinski definition) is 1. The van der Waals surface area contributed by atoms with E-state index in [0.29, 0.717) is 9.90 Å². The first-order valence-electron chi connectivity index (χ1n) is 4.85. The molecule has 0 saturated carbocycles. The van der Waals surface area contributed by atoms with Gasteiger partial charge in [0, 0.05) is 5.56 Å². The summed E-state index contributed by atoms with van der Waals surface area (Å²) in [6.45, 7) is 1.39. The number of hydrogen-bond acceptors (Lipinski definition) is 2. The lowest BCUT2D eigenvalue weighted by Gasteiger charge is -2.23. The SMILES string of the molecule is CC(O)(c1cccc(F)c1F)c1sccc1Cl. The lowest BCUT2D eigenvalue weighted by molar-refractivity contribution is 0.101. The third-order valence-corrected chi connectivity index (χ3v) is 4.09. The van der Waals surface area contributed by atoms with E-state index in [0.717, 1.165) is 6.07 Å². The van der Waals surface area contributed by atoms with Crippen molar-refractivity contribution in [3.8, 4) is 0 Å². The van der Waals surface area contributed by atoms with Crippen LogP contribution in [0.1, 0.15) is 17.4 Å². The summed E-state index contributed by atoms with van der Waals surface area (Å²) in [7, 11) is 0. The third kappa shape index (κ3) is 2.08. The lowest BCUT2D eigenvalue weighted by atomic mass is 9.93. The van der Waals surface area contributed by atoms with Crippen molar-refractivity contribution < 1.29 is 13.9 Å². The molecule has 1 N–H and O–H groups in total. The summed E-state index contributed by atoms with van der Waals surface area (Å²) in [5, 5.41) is 12.4. The monoisotopic (exact) mass is 274 g/mol. The van der Waals surface area contributed by atoms with E-state index >= 15 is 0 Å². The molecule has 0 aliphatic rings. The molecule has 0 bridgehead atoms. The maximum atomic E-state index is 13.6. The van der Waals surface area contributed by atoms with Crippen molar-refractivity contribution >= 4 is 22.9 Å². The van der Waals surface area contributed by atoms with Crippen LogP contribution in [0.3, 0.4) is 0 Å². The molecule has 90 valence electrons. The molecule has 0 saturated heterocycles. The Morgan fingerprint density at radius 2 is 2.00 bits per heavy atom. The van der Waals surface area contributed by atoms with Crippen LogP contribution in [0.5, 0.6) is 0 Å². The Labute approximate surface area is 106 Å². The first-order valence-corrected chi connectivity index (χ1v) is 6.10. The van der Waals surface area contributed by atoms with E-state index in [4.69, 9.17) is 11.6 Å². The van der Waals surface area contributed by atoms with Crippen LogP contribution in [0.2, 0.25) is 5.02 Å². The molecule has 1 aromatic heterocycles. The minimum atomic E-state index is -1.64. The number of rotatable bonds is 2. The van der Waals surface area contributed by atoms with Crippen LogP contribution in [0.25, 0.3) is 0 Å². The van der Waals surface area contributed by atoms with E-state index in [-0.39, 0.29) is 5.56 Å². The van der Waals surface area contributed by atoms with Gasteiger partial charge in [-0.3, -0.25) is 0 Å². The Bertz CT molecular complexity index is 551. The Morgan fingerprint density at radius 3 is 2.59 bits per heavy atom. The second kappa shape index (κ2) is 4.37. The number of halogens is 3. The molecule has 1 nitrogen and oxygen atoms in total. The first kappa shape index (κ1) is 12.5. The summed E-state index contributed by atoms with van der Waals surface area (Å²) < 4.78 is 26.8. The van der Waals surface area contributed by atoms with Gasteiger partial charge in [0.05, 0.1) is 9.90 Å². The predicted octanol–water partition coefficient (Wildman–Crippen LogP) is 3.94. The average Bonchev–Trinajstić information content (AvgIpc) is 2.69. The van der Waals surface area contributed by atoms with Gasteiger partial charge in [-0.2, -0.15) is 0 Å². The van der Waals surface area contributed by atoms with E-state index in [9.17, 15) is 13.9 Å². The minimum Gasteiger partial charge on any atom is -0.380 e. The van der Waals surface area contributed by atoms with Gasteiger partial charge in [0.15, 0.2) is 11.6 Å².